The van der Waals surface area contributed by atoms with E-state index in [-0.39, 0.29) is 35.3 Å². The van der Waals surface area contributed by atoms with Crippen LogP contribution in [0.4, 0.5) is 0 Å². The number of aromatic nitrogens is 2. The van der Waals surface area contributed by atoms with E-state index in [0.29, 0.717) is 53.9 Å². The quantitative estimate of drug-likeness (QED) is 0.451. The molecule has 0 bridgehead atoms. The molecular formula is C20H24ClN3O5S. The second-order valence-electron chi connectivity index (χ2n) is 7.71. The van der Waals surface area contributed by atoms with Crippen molar-refractivity contribution in [1.29, 1.82) is 0 Å². The summed E-state index contributed by atoms with van der Waals surface area (Å²) in [7, 11) is -3.53. The minimum Gasteiger partial charge on any atom is -0.481 e. The van der Waals surface area contributed by atoms with Crippen molar-refractivity contribution in [2.45, 2.75) is 54.7 Å². The molecule has 0 saturated heterocycles. The number of carboxylic acid groups (broad SMARTS) is 1. The Hall–Kier alpha value is -2.36. The number of carboxylic acids is 1. The predicted molar refractivity (Wildman–Crippen MR) is 117 cm³/mol. The zero-order valence-electron chi connectivity index (χ0n) is 16.2. The maximum Gasteiger partial charge on any atom is 0.303 e. The number of nitrogens with one attached hydrogen (secondary N) is 2. The van der Waals surface area contributed by atoms with Crippen LogP contribution in [0.3, 0.4) is 0 Å². The van der Waals surface area contributed by atoms with Gasteiger partial charge in [-0.05, 0) is 55.9 Å². The fraction of sp³-hybridized carbons (Fsp3) is 0.400. The average molecular weight is 454 g/mol. The molecule has 2 aromatic heterocycles. The van der Waals surface area contributed by atoms with Crippen molar-refractivity contribution in [3.8, 4) is 0 Å². The number of aromatic amines is 2. The standard InChI is InChI=1S/C20H23N3O5S.ClH/c21-12-4-5-13(8-12)29(27,28)14-6-7-16-15(9-14)18-11(2-1-3-17(24)25)10-22-19(18)20(26)23-16;/h6-7,9-10,12-13,22H,1-5,8,21H2,(H,23,26)(H,24,25);1H/t12?,13-;/m1./s1. The smallest absolute Gasteiger partial charge is 0.303 e. The molecule has 30 heavy (non-hydrogen) atoms. The molecule has 1 aromatic carbocycles. The maximum atomic E-state index is 13.1. The van der Waals surface area contributed by atoms with Gasteiger partial charge in [-0.25, -0.2) is 8.42 Å². The summed E-state index contributed by atoms with van der Waals surface area (Å²) >= 11 is 0. The van der Waals surface area contributed by atoms with Crippen molar-refractivity contribution >= 4 is 50.0 Å². The molecule has 5 N–H and O–H groups in total. The summed E-state index contributed by atoms with van der Waals surface area (Å²) < 4.78 is 26.2. The van der Waals surface area contributed by atoms with Crippen LogP contribution < -0.4 is 11.3 Å². The number of benzene rings is 1. The molecule has 10 heteroatoms. The molecule has 3 aromatic rings. The molecule has 0 spiro atoms. The number of rotatable bonds is 6. The lowest BCUT2D eigenvalue weighted by Gasteiger charge is -2.13. The number of fused-ring (bicyclic) bond motifs is 3. The Labute approximate surface area is 179 Å². The van der Waals surface area contributed by atoms with Gasteiger partial charge in [0, 0.05) is 34.9 Å². The van der Waals surface area contributed by atoms with Crippen LogP contribution in [0.2, 0.25) is 0 Å². The summed E-state index contributed by atoms with van der Waals surface area (Å²) in [5.74, 6) is -0.879. The van der Waals surface area contributed by atoms with Crippen LogP contribution in [-0.2, 0) is 21.1 Å². The summed E-state index contributed by atoms with van der Waals surface area (Å²) in [6.45, 7) is 0. The van der Waals surface area contributed by atoms with Crippen LogP contribution in [0.1, 0.15) is 37.7 Å². The molecule has 1 aliphatic carbocycles. The number of aryl methyl sites for hydroxylation is 1. The first-order chi connectivity index (χ1) is 13.8. The zero-order valence-corrected chi connectivity index (χ0v) is 17.8. The van der Waals surface area contributed by atoms with Crippen molar-refractivity contribution in [3.05, 3.63) is 40.3 Å². The van der Waals surface area contributed by atoms with Gasteiger partial charge in [-0.15, -0.1) is 12.4 Å². The molecule has 2 atom stereocenters. The van der Waals surface area contributed by atoms with Crippen molar-refractivity contribution in [1.82, 2.24) is 9.97 Å². The first-order valence-electron chi connectivity index (χ1n) is 9.64. The Morgan fingerprint density at radius 3 is 2.70 bits per heavy atom. The van der Waals surface area contributed by atoms with Gasteiger partial charge in [0.1, 0.15) is 5.52 Å². The molecule has 1 saturated carbocycles. The molecule has 0 amide bonds. The molecule has 162 valence electrons. The van der Waals surface area contributed by atoms with Gasteiger partial charge in [0.05, 0.1) is 10.1 Å². The minimum absolute atomic E-state index is 0. The summed E-state index contributed by atoms with van der Waals surface area (Å²) in [5, 5.41) is 9.67. The fourth-order valence-electron chi connectivity index (χ4n) is 4.23. The van der Waals surface area contributed by atoms with Crippen LogP contribution >= 0.6 is 12.4 Å². The van der Waals surface area contributed by atoms with E-state index in [1.807, 2.05) is 0 Å². The summed E-state index contributed by atoms with van der Waals surface area (Å²) in [5.41, 5.74) is 7.32. The molecule has 0 radical (unpaired) electrons. The van der Waals surface area contributed by atoms with E-state index in [4.69, 9.17) is 10.8 Å². The Balaban J connectivity index is 0.00000256. The van der Waals surface area contributed by atoms with Crippen molar-refractivity contribution < 1.29 is 18.3 Å². The van der Waals surface area contributed by atoms with Crippen LogP contribution in [0.25, 0.3) is 21.8 Å². The summed E-state index contributed by atoms with van der Waals surface area (Å²) in [4.78, 5) is 29.2. The van der Waals surface area contributed by atoms with Gasteiger partial charge >= 0.3 is 5.97 Å². The number of nitrogens with two attached hydrogens (primary N) is 1. The van der Waals surface area contributed by atoms with E-state index in [1.165, 1.54) is 6.07 Å². The fourth-order valence-corrected chi connectivity index (χ4v) is 6.10. The van der Waals surface area contributed by atoms with Crippen molar-refractivity contribution in [2.75, 3.05) is 0 Å². The Bertz CT molecular complexity index is 1260. The predicted octanol–water partition coefficient (Wildman–Crippen LogP) is 2.49. The second kappa shape index (κ2) is 8.41. The van der Waals surface area contributed by atoms with Gasteiger partial charge in [0.25, 0.3) is 5.56 Å². The minimum atomic E-state index is -3.53. The monoisotopic (exact) mass is 453 g/mol. The number of carbonyl (C=O) groups is 1. The molecule has 4 rings (SSSR count). The number of halogens is 1. The van der Waals surface area contributed by atoms with Crippen LogP contribution in [0, 0.1) is 0 Å². The normalized spacial score (nSPS) is 19.2. The summed E-state index contributed by atoms with van der Waals surface area (Å²) in [6, 6.07) is 4.66. The van der Waals surface area contributed by atoms with E-state index in [1.54, 1.807) is 18.3 Å². The van der Waals surface area contributed by atoms with Crippen LogP contribution in [0.5, 0.6) is 0 Å². The molecule has 1 aliphatic rings. The van der Waals surface area contributed by atoms with Gasteiger partial charge in [0.15, 0.2) is 9.84 Å². The molecule has 0 aliphatic heterocycles. The summed E-state index contributed by atoms with van der Waals surface area (Å²) in [6.07, 6.45) is 4.31. The lowest BCUT2D eigenvalue weighted by Crippen LogP contribution is -2.22. The Kier molecular flexibility index (Phi) is 6.26. The number of H-pyrrole nitrogens is 2. The lowest BCUT2D eigenvalue weighted by atomic mass is 10.0. The van der Waals surface area contributed by atoms with E-state index in [2.05, 4.69) is 9.97 Å². The lowest BCUT2D eigenvalue weighted by molar-refractivity contribution is -0.137. The second-order valence-corrected chi connectivity index (χ2v) is 9.94. The molecule has 2 heterocycles. The SMILES string of the molecule is Cl.NC1CC[C@@H](S(=O)(=O)c2ccc3[nH]c(=O)c4[nH]cc(CCCC(=O)O)c4c3c2)C1. The van der Waals surface area contributed by atoms with Gasteiger partial charge in [0.2, 0.25) is 0 Å². The third-order valence-corrected chi connectivity index (χ3v) is 7.94. The number of aliphatic carboxylic acids is 1. The van der Waals surface area contributed by atoms with Gasteiger partial charge in [-0.2, -0.15) is 0 Å². The van der Waals surface area contributed by atoms with Crippen molar-refractivity contribution in [2.24, 2.45) is 5.73 Å². The topological polar surface area (TPSA) is 146 Å². The number of pyridine rings is 1. The molecular weight excluding hydrogens is 430 g/mol. The molecule has 1 fully saturated rings. The highest BCUT2D eigenvalue weighted by atomic mass is 35.5. The largest absolute Gasteiger partial charge is 0.481 e. The van der Waals surface area contributed by atoms with E-state index in [0.717, 1.165) is 5.56 Å². The highest BCUT2D eigenvalue weighted by Crippen LogP contribution is 2.32. The Morgan fingerprint density at radius 1 is 1.27 bits per heavy atom. The average Bonchev–Trinajstić information content (AvgIpc) is 3.29. The van der Waals surface area contributed by atoms with Gasteiger partial charge in [-0.1, -0.05) is 0 Å². The highest BCUT2D eigenvalue weighted by molar-refractivity contribution is 7.92. The number of hydrogen-bond acceptors (Lipinski definition) is 5. The zero-order chi connectivity index (χ0) is 20.8. The van der Waals surface area contributed by atoms with Crippen LogP contribution in [-0.4, -0.2) is 40.8 Å². The van der Waals surface area contributed by atoms with Gasteiger partial charge < -0.3 is 20.8 Å². The molecule has 8 nitrogen and oxygen atoms in total. The Morgan fingerprint density at radius 2 is 2.03 bits per heavy atom. The third kappa shape index (κ3) is 3.97. The van der Waals surface area contributed by atoms with E-state index >= 15 is 0 Å². The van der Waals surface area contributed by atoms with Crippen molar-refractivity contribution in [3.63, 3.8) is 0 Å². The molecule has 1 unspecified atom stereocenters. The first-order valence-corrected chi connectivity index (χ1v) is 11.2. The maximum absolute atomic E-state index is 13.1. The van der Waals surface area contributed by atoms with E-state index in [9.17, 15) is 18.0 Å². The number of hydrogen-bond donors (Lipinski definition) is 4. The third-order valence-electron chi connectivity index (χ3n) is 5.73. The van der Waals surface area contributed by atoms with E-state index < -0.39 is 21.1 Å². The highest BCUT2D eigenvalue weighted by Gasteiger charge is 2.34. The number of sulfone groups is 1. The van der Waals surface area contributed by atoms with Gasteiger partial charge in [-0.3, -0.25) is 9.59 Å². The van der Waals surface area contributed by atoms with Crippen LogP contribution in [0.15, 0.2) is 34.1 Å². The first kappa shape index (κ1) is 22.3.